The fourth-order valence-corrected chi connectivity index (χ4v) is 3.02. The number of allylic oxidation sites excluding steroid dienone is 1. The molecule has 3 rings (SSSR count). The second-order valence-corrected chi connectivity index (χ2v) is 5.80. The van der Waals surface area contributed by atoms with Gasteiger partial charge in [0.2, 0.25) is 5.75 Å². The van der Waals surface area contributed by atoms with Crippen molar-refractivity contribution in [3.63, 3.8) is 0 Å². The van der Waals surface area contributed by atoms with Crippen molar-refractivity contribution in [3.8, 4) is 23.0 Å². The van der Waals surface area contributed by atoms with E-state index in [0.717, 1.165) is 23.3 Å². The van der Waals surface area contributed by atoms with Crippen molar-refractivity contribution >= 4 is 11.9 Å². The monoisotopic (exact) mass is 340 g/mol. The van der Waals surface area contributed by atoms with Crippen LogP contribution in [0.15, 0.2) is 35.9 Å². The van der Waals surface area contributed by atoms with E-state index < -0.39 is 0 Å². The van der Waals surface area contributed by atoms with Gasteiger partial charge in [-0.15, -0.1) is 0 Å². The third kappa shape index (κ3) is 3.18. The van der Waals surface area contributed by atoms with Gasteiger partial charge in [0.1, 0.15) is 5.75 Å². The maximum Gasteiger partial charge on any atom is 0.200 e. The number of carbonyl (C=O) groups excluding carboxylic acids is 1. The summed E-state index contributed by atoms with van der Waals surface area (Å²) in [4.78, 5) is 12.8. The Hall–Kier alpha value is -2.95. The Morgan fingerprint density at radius 2 is 1.64 bits per heavy atom. The number of aryl methyl sites for hydroxylation is 1. The van der Waals surface area contributed by atoms with Crippen LogP contribution >= 0.6 is 0 Å². The van der Waals surface area contributed by atoms with E-state index in [2.05, 4.69) is 0 Å². The molecule has 0 radical (unpaired) electrons. The van der Waals surface area contributed by atoms with Crippen LogP contribution < -0.4 is 14.2 Å². The number of hydrogen-bond donors (Lipinski definition) is 1. The number of carbonyl (C=O) groups is 1. The highest BCUT2D eigenvalue weighted by molar-refractivity contribution is 6.13. The number of fused-ring (bicyclic) bond motifs is 1. The SMILES string of the molecule is COc1ccc2c(c1)CC/C(=C\c1cc(OC)c(O)c(OC)c1)C2=O. The maximum absolute atomic E-state index is 12.8. The lowest BCUT2D eigenvalue weighted by molar-refractivity contribution is 0.102. The van der Waals surface area contributed by atoms with Gasteiger partial charge in [-0.2, -0.15) is 0 Å². The molecule has 0 amide bonds. The van der Waals surface area contributed by atoms with Gasteiger partial charge < -0.3 is 19.3 Å². The fraction of sp³-hybridized carbons (Fsp3) is 0.250. The summed E-state index contributed by atoms with van der Waals surface area (Å²) in [6.45, 7) is 0. The number of ether oxygens (including phenoxy) is 3. The largest absolute Gasteiger partial charge is 0.502 e. The Balaban J connectivity index is 1.98. The summed E-state index contributed by atoms with van der Waals surface area (Å²) in [6, 6.07) is 8.88. The predicted octanol–water partition coefficient (Wildman–Crippen LogP) is 3.63. The second-order valence-electron chi connectivity index (χ2n) is 5.80. The molecule has 0 saturated carbocycles. The standard InChI is InChI=1S/C20H20O5/c1-23-15-6-7-16-13(11-15)4-5-14(19(16)21)8-12-9-17(24-2)20(22)18(10-12)25-3/h6-11,22H,4-5H2,1-3H3/b14-8+. The van der Waals surface area contributed by atoms with Gasteiger partial charge in [0.15, 0.2) is 17.3 Å². The molecule has 0 fully saturated rings. The van der Waals surface area contributed by atoms with Crippen molar-refractivity contribution in [1.29, 1.82) is 0 Å². The summed E-state index contributed by atoms with van der Waals surface area (Å²) >= 11 is 0. The average Bonchev–Trinajstić information content (AvgIpc) is 2.64. The van der Waals surface area contributed by atoms with Gasteiger partial charge in [-0.1, -0.05) is 0 Å². The number of ketones is 1. The topological polar surface area (TPSA) is 65.0 Å². The van der Waals surface area contributed by atoms with E-state index in [1.54, 1.807) is 25.3 Å². The molecule has 5 nitrogen and oxygen atoms in total. The molecule has 25 heavy (non-hydrogen) atoms. The number of methoxy groups -OCH3 is 3. The third-order valence-electron chi connectivity index (χ3n) is 4.36. The van der Waals surface area contributed by atoms with Crippen LogP contribution in [0.25, 0.3) is 6.08 Å². The molecular weight excluding hydrogens is 320 g/mol. The van der Waals surface area contributed by atoms with Crippen molar-refractivity contribution in [1.82, 2.24) is 0 Å². The Morgan fingerprint density at radius 3 is 2.24 bits per heavy atom. The van der Waals surface area contributed by atoms with Gasteiger partial charge in [-0.25, -0.2) is 0 Å². The van der Waals surface area contributed by atoms with Crippen molar-refractivity contribution < 1.29 is 24.1 Å². The molecule has 0 bridgehead atoms. The summed E-state index contributed by atoms with van der Waals surface area (Å²) in [7, 11) is 4.56. The van der Waals surface area contributed by atoms with Crippen LogP contribution in [-0.4, -0.2) is 32.2 Å². The molecule has 1 aliphatic rings. The fourth-order valence-electron chi connectivity index (χ4n) is 3.02. The first-order chi connectivity index (χ1) is 12.1. The lowest BCUT2D eigenvalue weighted by atomic mass is 9.86. The zero-order valence-corrected chi connectivity index (χ0v) is 14.5. The Kier molecular flexibility index (Phi) is 4.65. The molecule has 0 atom stereocenters. The van der Waals surface area contributed by atoms with E-state index in [9.17, 15) is 9.90 Å². The molecule has 130 valence electrons. The second kappa shape index (κ2) is 6.89. The van der Waals surface area contributed by atoms with Gasteiger partial charge >= 0.3 is 0 Å². The first-order valence-electron chi connectivity index (χ1n) is 7.94. The van der Waals surface area contributed by atoms with E-state index >= 15 is 0 Å². The Labute approximate surface area is 146 Å². The van der Waals surface area contributed by atoms with Crippen molar-refractivity contribution in [2.24, 2.45) is 0 Å². The van der Waals surface area contributed by atoms with Crippen LogP contribution in [0.4, 0.5) is 0 Å². The lowest BCUT2D eigenvalue weighted by Crippen LogP contribution is -2.14. The zero-order valence-electron chi connectivity index (χ0n) is 14.5. The average molecular weight is 340 g/mol. The molecule has 0 aliphatic heterocycles. The molecule has 0 unspecified atom stereocenters. The molecule has 0 aromatic heterocycles. The van der Waals surface area contributed by atoms with Gasteiger partial charge in [-0.05, 0) is 60.4 Å². The molecule has 1 N–H and O–H groups in total. The summed E-state index contributed by atoms with van der Waals surface area (Å²) in [5.41, 5.74) is 3.16. The highest BCUT2D eigenvalue weighted by Crippen LogP contribution is 2.38. The molecule has 0 spiro atoms. The molecule has 1 aliphatic carbocycles. The van der Waals surface area contributed by atoms with Crippen LogP contribution in [0.1, 0.15) is 27.9 Å². The smallest absolute Gasteiger partial charge is 0.200 e. The quantitative estimate of drug-likeness (QED) is 0.861. The van der Waals surface area contributed by atoms with E-state index in [1.165, 1.54) is 14.2 Å². The minimum absolute atomic E-state index is 0.00918. The minimum Gasteiger partial charge on any atom is -0.502 e. The summed E-state index contributed by atoms with van der Waals surface area (Å²) in [5, 5.41) is 10.0. The molecule has 5 heteroatoms. The molecular formula is C20H20O5. The van der Waals surface area contributed by atoms with Crippen LogP contribution in [-0.2, 0) is 6.42 Å². The number of aromatic hydroxyl groups is 1. The van der Waals surface area contributed by atoms with Gasteiger partial charge in [0.05, 0.1) is 21.3 Å². The normalized spacial score (nSPS) is 15.0. The van der Waals surface area contributed by atoms with E-state index in [-0.39, 0.29) is 11.5 Å². The van der Waals surface area contributed by atoms with Crippen LogP contribution in [0.2, 0.25) is 0 Å². The highest BCUT2D eigenvalue weighted by Gasteiger charge is 2.22. The van der Waals surface area contributed by atoms with Gasteiger partial charge in [0.25, 0.3) is 0 Å². The number of Topliss-reactive ketones (excluding diaryl/α,β-unsaturated/α-hetero) is 1. The van der Waals surface area contributed by atoms with Crippen molar-refractivity contribution in [2.75, 3.05) is 21.3 Å². The lowest BCUT2D eigenvalue weighted by Gasteiger charge is -2.18. The van der Waals surface area contributed by atoms with Crippen molar-refractivity contribution in [2.45, 2.75) is 12.8 Å². The van der Waals surface area contributed by atoms with Crippen LogP contribution in [0.5, 0.6) is 23.0 Å². The number of rotatable bonds is 4. The summed E-state index contributed by atoms with van der Waals surface area (Å²) in [5.74, 6) is 1.32. The molecule has 2 aromatic carbocycles. The van der Waals surface area contributed by atoms with Crippen molar-refractivity contribution in [3.05, 3.63) is 52.6 Å². The van der Waals surface area contributed by atoms with E-state index in [4.69, 9.17) is 14.2 Å². The summed E-state index contributed by atoms with van der Waals surface area (Å²) in [6.07, 6.45) is 3.24. The third-order valence-corrected chi connectivity index (χ3v) is 4.36. The van der Waals surface area contributed by atoms with E-state index in [0.29, 0.717) is 29.1 Å². The number of phenolic OH excluding ortho intramolecular Hbond substituents is 1. The number of benzene rings is 2. The van der Waals surface area contributed by atoms with Gasteiger partial charge in [0, 0.05) is 11.1 Å². The zero-order chi connectivity index (χ0) is 18.0. The highest BCUT2D eigenvalue weighted by atomic mass is 16.5. The Bertz CT molecular complexity index is 826. The molecule has 2 aromatic rings. The van der Waals surface area contributed by atoms with Crippen LogP contribution in [0, 0.1) is 0 Å². The molecule has 0 saturated heterocycles. The predicted molar refractivity (Wildman–Crippen MR) is 94.8 cm³/mol. The van der Waals surface area contributed by atoms with E-state index in [1.807, 2.05) is 18.2 Å². The summed E-state index contributed by atoms with van der Waals surface area (Å²) < 4.78 is 15.6. The Morgan fingerprint density at radius 1 is 0.960 bits per heavy atom. The number of phenols is 1. The van der Waals surface area contributed by atoms with Crippen LogP contribution in [0.3, 0.4) is 0 Å². The first kappa shape index (κ1) is 16.9. The maximum atomic E-state index is 12.8. The molecule has 0 heterocycles. The minimum atomic E-state index is -0.0560. The number of hydrogen-bond acceptors (Lipinski definition) is 5. The first-order valence-corrected chi connectivity index (χ1v) is 7.94. The van der Waals surface area contributed by atoms with Gasteiger partial charge in [-0.3, -0.25) is 4.79 Å².